The number of hydrogen-bond acceptors (Lipinski definition) is 4. The maximum atomic E-state index is 11.7. The molecule has 0 saturated carbocycles. The predicted molar refractivity (Wildman–Crippen MR) is 116 cm³/mol. The van der Waals surface area contributed by atoms with Gasteiger partial charge in [-0.05, 0) is 56.5 Å². The van der Waals surface area contributed by atoms with Gasteiger partial charge in [0.15, 0.2) is 0 Å². The first-order valence-electron chi connectivity index (χ1n) is 8.92. The van der Waals surface area contributed by atoms with Crippen molar-refractivity contribution in [2.75, 3.05) is 10.8 Å². The minimum Gasteiger partial charge on any atom is -0.755 e. The van der Waals surface area contributed by atoms with Gasteiger partial charge in [-0.25, -0.2) is 4.79 Å². The molecule has 0 aromatic heterocycles. The molecule has 29 heavy (non-hydrogen) atoms. The molecular weight excluding hydrogens is 435 g/mol. The maximum Gasteiger partial charge on any atom is 0.407 e. The smallest absolute Gasteiger partial charge is 0.407 e. The fourth-order valence-electron chi connectivity index (χ4n) is 2.52. The number of nitrogens with one attached hydrogen (secondary N) is 1. The molecule has 0 saturated heterocycles. The zero-order valence-corrected chi connectivity index (χ0v) is 18.7. The Bertz CT molecular complexity index is 870. The Morgan fingerprint density at radius 3 is 2.41 bits per heavy atom. The summed E-state index contributed by atoms with van der Waals surface area (Å²) in [7, 11) is 0. The van der Waals surface area contributed by atoms with Gasteiger partial charge in [-0.2, -0.15) is 0 Å². The van der Waals surface area contributed by atoms with Crippen LogP contribution in [-0.4, -0.2) is 27.0 Å². The second-order valence-corrected chi connectivity index (χ2v) is 8.96. The molecule has 2 aromatic rings. The van der Waals surface area contributed by atoms with Crippen LogP contribution < -0.4 is 9.62 Å². The third kappa shape index (κ3) is 7.51. The second kappa shape index (κ2) is 10.3. The molecular formula is C20H23Cl2N2O4S-. The van der Waals surface area contributed by atoms with Crippen molar-refractivity contribution in [3.8, 4) is 0 Å². The van der Waals surface area contributed by atoms with Crippen LogP contribution in [-0.2, 0) is 29.0 Å². The molecule has 2 aromatic carbocycles. The van der Waals surface area contributed by atoms with Crippen LogP contribution >= 0.6 is 23.2 Å². The van der Waals surface area contributed by atoms with E-state index in [1.54, 1.807) is 57.2 Å². The monoisotopic (exact) mass is 457 g/mol. The molecule has 0 bridgehead atoms. The summed E-state index contributed by atoms with van der Waals surface area (Å²) in [5.74, 6) is 0. The van der Waals surface area contributed by atoms with Crippen LogP contribution in [0.2, 0.25) is 10.0 Å². The van der Waals surface area contributed by atoms with Crippen molar-refractivity contribution in [1.29, 1.82) is 0 Å². The predicted octanol–water partition coefficient (Wildman–Crippen LogP) is 4.86. The summed E-state index contributed by atoms with van der Waals surface area (Å²) in [5, 5.41) is 3.52. The van der Waals surface area contributed by atoms with Gasteiger partial charge in [-0.1, -0.05) is 47.5 Å². The summed E-state index contributed by atoms with van der Waals surface area (Å²) in [4.78, 5) is 11.7. The van der Waals surface area contributed by atoms with E-state index >= 15 is 0 Å². The molecule has 0 aliphatic rings. The van der Waals surface area contributed by atoms with Crippen LogP contribution in [0.3, 0.4) is 0 Å². The first kappa shape index (κ1) is 23.5. The molecule has 0 fully saturated rings. The van der Waals surface area contributed by atoms with Crippen molar-refractivity contribution >= 4 is 46.2 Å². The standard InChI is InChI=1S/C20H24Cl2N2O4S/c1-20(2,3)28-19(25)23-13-14-7-9-16(10-8-14)24(29(26)27)12-11-15-5-4-6-17(21)18(15)22/h4-10H,11-13H2,1-3H3,(H,23,25)(H,26,27)/p-1. The number of nitrogens with zero attached hydrogens (tertiary/aromatic N) is 1. The molecule has 0 spiro atoms. The lowest BCUT2D eigenvalue weighted by atomic mass is 10.1. The lowest BCUT2D eigenvalue weighted by Gasteiger charge is -2.27. The molecule has 1 unspecified atom stereocenters. The second-order valence-electron chi connectivity index (χ2n) is 7.30. The quantitative estimate of drug-likeness (QED) is 0.601. The van der Waals surface area contributed by atoms with Gasteiger partial charge in [-0.3, -0.25) is 4.21 Å². The summed E-state index contributed by atoms with van der Waals surface area (Å²) in [6.45, 7) is 5.85. The van der Waals surface area contributed by atoms with Gasteiger partial charge in [0.25, 0.3) is 0 Å². The maximum absolute atomic E-state index is 11.7. The Morgan fingerprint density at radius 1 is 1.17 bits per heavy atom. The Kier molecular flexibility index (Phi) is 8.34. The number of halogens is 2. The first-order chi connectivity index (χ1) is 13.6. The third-order valence-electron chi connectivity index (χ3n) is 3.86. The molecule has 0 radical (unpaired) electrons. The van der Waals surface area contributed by atoms with Crippen LogP contribution in [0.5, 0.6) is 0 Å². The van der Waals surface area contributed by atoms with Gasteiger partial charge >= 0.3 is 6.09 Å². The first-order valence-corrected chi connectivity index (χ1v) is 10.7. The highest BCUT2D eigenvalue weighted by atomic mass is 35.5. The fourth-order valence-corrected chi connectivity index (χ4v) is 3.47. The molecule has 1 atom stereocenters. The topological polar surface area (TPSA) is 81.7 Å². The molecule has 6 nitrogen and oxygen atoms in total. The van der Waals surface area contributed by atoms with Gasteiger partial charge in [0.05, 0.1) is 10.0 Å². The van der Waals surface area contributed by atoms with Gasteiger partial charge < -0.3 is 18.9 Å². The van der Waals surface area contributed by atoms with Crippen molar-refractivity contribution in [1.82, 2.24) is 5.32 Å². The summed E-state index contributed by atoms with van der Waals surface area (Å²) < 4.78 is 29.8. The Labute approximate surface area is 183 Å². The number of carbonyl (C=O) groups excluding carboxylic acids is 1. The van der Waals surface area contributed by atoms with Crippen molar-refractivity contribution in [2.24, 2.45) is 0 Å². The Morgan fingerprint density at radius 2 is 1.83 bits per heavy atom. The van der Waals surface area contributed by atoms with E-state index < -0.39 is 23.0 Å². The molecule has 9 heteroatoms. The molecule has 0 aliphatic heterocycles. The van der Waals surface area contributed by atoms with E-state index in [1.807, 2.05) is 6.07 Å². The van der Waals surface area contributed by atoms with E-state index in [4.69, 9.17) is 27.9 Å². The highest BCUT2D eigenvalue weighted by molar-refractivity contribution is 7.80. The number of carbonyl (C=O) groups is 1. The summed E-state index contributed by atoms with van der Waals surface area (Å²) in [5.41, 5.74) is 1.53. The lowest BCUT2D eigenvalue weighted by Crippen LogP contribution is -2.32. The number of amides is 1. The molecule has 0 aliphatic carbocycles. The van der Waals surface area contributed by atoms with E-state index in [0.29, 0.717) is 22.2 Å². The van der Waals surface area contributed by atoms with Crippen LogP contribution in [0.1, 0.15) is 31.9 Å². The third-order valence-corrected chi connectivity index (χ3v) is 5.47. The molecule has 1 N–H and O–H groups in total. The van der Waals surface area contributed by atoms with Crippen molar-refractivity contribution in [3.63, 3.8) is 0 Å². The summed E-state index contributed by atoms with van der Waals surface area (Å²) in [6, 6.07) is 12.1. The molecule has 2 rings (SSSR count). The van der Waals surface area contributed by atoms with E-state index in [-0.39, 0.29) is 13.1 Å². The minimum atomic E-state index is -2.45. The average molecular weight is 458 g/mol. The number of ether oxygens (including phenoxy) is 1. The normalized spacial score (nSPS) is 12.3. The molecule has 1 amide bonds. The Balaban J connectivity index is 2.00. The fraction of sp³-hybridized carbons (Fsp3) is 0.350. The highest BCUT2D eigenvalue weighted by Gasteiger charge is 2.16. The number of hydrogen-bond donors (Lipinski definition) is 1. The van der Waals surface area contributed by atoms with E-state index in [2.05, 4.69) is 5.32 Å². The largest absolute Gasteiger partial charge is 0.755 e. The van der Waals surface area contributed by atoms with Gasteiger partial charge in [0.1, 0.15) is 5.60 Å². The van der Waals surface area contributed by atoms with Gasteiger partial charge in [0.2, 0.25) is 0 Å². The minimum absolute atomic E-state index is 0.214. The van der Waals surface area contributed by atoms with Crippen molar-refractivity contribution in [3.05, 3.63) is 63.6 Å². The van der Waals surface area contributed by atoms with Crippen LogP contribution in [0.25, 0.3) is 0 Å². The molecule has 158 valence electrons. The molecule has 0 heterocycles. The van der Waals surface area contributed by atoms with Crippen LogP contribution in [0.15, 0.2) is 42.5 Å². The zero-order valence-electron chi connectivity index (χ0n) is 16.4. The lowest BCUT2D eigenvalue weighted by molar-refractivity contribution is 0.0523. The van der Waals surface area contributed by atoms with Crippen molar-refractivity contribution in [2.45, 2.75) is 39.3 Å². The van der Waals surface area contributed by atoms with E-state index in [1.165, 1.54) is 4.31 Å². The highest BCUT2D eigenvalue weighted by Crippen LogP contribution is 2.26. The zero-order chi connectivity index (χ0) is 21.6. The number of anilines is 1. The van der Waals surface area contributed by atoms with Gasteiger partial charge in [-0.15, -0.1) is 0 Å². The summed E-state index contributed by atoms with van der Waals surface area (Å²) >= 11 is 9.73. The SMILES string of the molecule is CC(C)(C)OC(=O)NCc1ccc(N(CCc2cccc(Cl)c2Cl)S(=O)[O-])cc1. The average Bonchev–Trinajstić information content (AvgIpc) is 2.63. The number of benzene rings is 2. The Hall–Kier alpha value is -1.80. The van der Waals surface area contributed by atoms with E-state index in [0.717, 1.165) is 11.1 Å². The van der Waals surface area contributed by atoms with Crippen LogP contribution in [0, 0.1) is 0 Å². The van der Waals surface area contributed by atoms with Gasteiger partial charge in [0, 0.05) is 30.0 Å². The van der Waals surface area contributed by atoms with Crippen molar-refractivity contribution < 1.29 is 18.3 Å². The van der Waals surface area contributed by atoms with Crippen LogP contribution in [0.4, 0.5) is 10.5 Å². The summed E-state index contributed by atoms with van der Waals surface area (Å²) in [6.07, 6.45) is -0.0998. The number of rotatable bonds is 7. The number of alkyl carbamates (subject to hydrolysis) is 1. The van der Waals surface area contributed by atoms with E-state index in [9.17, 15) is 13.6 Å².